The first-order valence-corrected chi connectivity index (χ1v) is 11.4. The molecule has 0 saturated carbocycles. The van der Waals surface area contributed by atoms with E-state index in [1.807, 2.05) is 0 Å². The van der Waals surface area contributed by atoms with Crippen molar-refractivity contribution in [2.75, 3.05) is 19.5 Å². The van der Waals surface area contributed by atoms with Crippen LogP contribution in [-0.4, -0.2) is 52.6 Å². The van der Waals surface area contributed by atoms with Crippen LogP contribution in [-0.2, 0) is 23.4 Å². The molecular formula is C19H24FN4O8P. The normalized spacial score (nSPS) is 23.0. The number of hydrogen-bond donors (Lipinski definition) is 3. The van der Waals surface area contributed by atoms with E-state index < -0.39 is 56.3 Å². The van der Waals surface area contributed by atoms with E-state index >= 15 is 0 Å². The molecule has 12 nitrogen and oxygen atoms in total. The van der Waals surface area contributed by atoms with Gasteiger partial charge in [-0.2, -0.15) is 10.1 Å². The molecule has 2 unspecified atom stereocenters. The third kappa shape index (κ3) is 6.36. The number of halogens is 1. The second kappa shape index (κ2) is 10.4. The number of carbonyl (C=O) groups is 1. The van der Waals surface area contributed by atoms with E-state index in [0.29, 0.717) is 0 Å². The van der Waals surface area contributed by atoms with Crippen LogP contribution in [0.1, 0.15) is 19.6 Å². The molecule has 1 aromatic heterocycles. The number of nitrogens with zero attached hydrogens (tertiary/aromatic N) is 2. The minimum atomic E-state index is -4.23. The molecule has 1 fully saturated rings. The van der Waals surface area contributed by atoms with E-state index in [-0.39, 0.29) is 18.0 Å². The quantitative estimate of drug-likeness (QED) is 0.342. The van der Waals surface area contributed by atoms with Gasteiger partial charge in [-0.1, -0.05) is 0 Å². The zero-order valence-corrected chi connectivity index (χ0v) is 18.7. The van der Waals surface area contributed by atoms with Crippen LogP contribution in [0.5, 0.6) is 5.75 Å². The number of benzene rings is 1. The van der Waals surface area contributed by atoms with Crippen LogP contribution in [0.3, 0.4) is 0 Å². The number of ether oxygens (including phenoxy) is 2. The summed E-state index contributed by atoms with van der Waals surface area (Å²) in [6.45, 7) is 0.960. The number of nitrogens with one attached hydrogen (secondary N) is 1. The van der Waals surface area contributed by atoms with Gasteiger partial charge in [0.25, 0.3) is 0 Å². The molecule has 0 bridgehead atoms. The SMILES string of the molecule is COC(=O)[C@H](C)NP(=O)(OCC1O[C@@H](n2ccc(N)nc2=O)C[C@H]1O)Oc1ccc(F)cc1. The van der Waals surface area contributed by atoms with Crippen molar-refractivity contribution in [3.8, 4) is 5.75 Å². The maximum Gasteiger partial charge on any atom is 0.459 e. The molecule has 4 N–H and O–H groups in total. The molecule has 1 aromatic carbocycles. The minimum Gasteiger partial charge on any atom is -0.468 e. The highest BCUT2D eigenvalue weighted by Crippen LogP contribution is 2.46. The van der Waals surface area contributed by atoms with Crippen molar-refractivity contribution in [1.82, 2.24) is 14.6 Å². The van der Waals surface area contributed by atoms with E-state index in [1.165, 1.54) is 31.3 Å². The fourth-order valence-corrected chi connectivity index (χ4v) is 4.55. The highest BCUT2D eigenvalue weighted by molar-refractivity contribution is 7.52. The number of aliphatic hydroxyl groups is 1. The lowest BCUT2D eigenvalue weighted by molar-refractivity contribution is -0.142. The van der Waals surface area contributed by atoms with Crippen molar-refractivity contribution >= 4 is 19.5 Å². The van der Waals surface area contributed by atoms with Gasteiger partial charge in [-0.3, -0.25) is 13.9 Å². The van der Waals surface area contributed by atoms with Crippen LogP contribution in [0, 0.1) is 5.82 Å². The van der Waals surface area contributed by atoms with Crippen molar-refractivity contribution in [2.24, 2.45) is 0 Å². The summed E-state index contributed by atoms with van der Waals surface area (Å²) in [4.78, 5) is 27.4. The number of methoxy groups -OCH3 is 1. The van der Waals surface area contributed by atoms with Crippen LogP contribution in [0.15, 0.2) is 41.3 Å². The van der Waals surface area contributed by atoms with E-state index in [9.17, 15) is 23.7 Å². The summed E-state index contributed by atoms with van der Waals surface area (Å²) < 4.78 is 48.8. The van der Waals surface area contributed by atoms with Gasteiger partial charge in [-0.05, 0) is 37.3 Å². The average Bonchev–Trinajstić information content (AvgIpc) is 3.13. The van der Waals surface area contributed by atoms with Crippen molar-refractivity contribution in [3.05, 3.63) is 52.8 Å². The van der Waals surface area contributed by atoms with Crippen molar-refractivity contribution < 1.29 is 37.4 Å². The van der Waals surface area contributed by atoms with Gasteiger partial charge >= 0.3 is 19.4 Å². The minimum absolute atomic E-state index is 0.00886. The number of aliphatic hydroxyl groups excluding tert-OH is 1. The third-order valence-corrected chi connectivity index (χ3v) is 6.36. The van der Waals surface area contributed by atoms with Crippen molar-refractivity contribution in [3.63, 3.8) is 0 Å². The van der Waals surface area contributed by atoms with E-state index in [1.54, 1.807) is 0 Å². The molecule has 3 rings (SSSR count). The van der Waals surface area contributed by atoms with Crippen LogP contribution in [0.2, 0.25) is 0 Å². The lowest BCUT2D eigenvalue weighted by Gasteiger charge is -2.24. The maximum absolute atomic E-state index is 13.3. The average molecular weight is 486 g/mol. The van der Waals surface area contributed by atoms with Crippen LogP contribution in [0.25, 0.3) is 0 Å². The molecule has 0 aliphatic carbocycles. The maximum atomic E-state index is 13.3. The highest BCUT2D eigenvalue weighted by atomic mass is 31.2. The Kier molecular flexibility index (Phi) is 7.82. The molecule has 0 radical (unpaired) electrons. The number of aromatic nitrogens is 2. The van der Waals surface area contributed by atoms with Gasteiger partial charge in [0, 0.05) is 12.6 Å². The number of anilines is 1. The second-order valence-corrected chi connectivity index (χ2v) is 8.88. The van der Waals surface area contributed by atoms with Gasteiger partial charge in [0.2, 0.25) is 0 Å². The van der Waals surface area contributed by atoms with Gasteiger partial charge < -0.3 is 24.8 Å². The molecule has 2 aromatic rings. The first-order valence-electron chi connectivity index (χ1n) is 9.84. The molecule has 5 atom stereocenters. The summed E-state index contributed by atoms with van der Waals surface area (Å²) in [5.41, 5.74) is 4.82. The van der Waals surface area contributed by atoms with E-state index in [4.69, 9.17) is 19.5 Å². The Hall–Kier alpha value is -2.83. The number of hydrogen-bond acceptors (Lipinski definition) is 10. The highest BCUT2D eigenvalue weighted by Gasteiger charge is 2.39. The summed E-state index contributed by atoms with van der Waals surface area (Å²) in [5.74, 6) is -1.21. The lowest BCUT2D eigenvalue weighted by atomic mass is 10.2. The number of nitrogen functional groups attached to an aromatic ring is 1. The number of rotatable bonds is 9. The van der Waals surface area contributed by atoms with Crippen LogP contribution < -0.4 is 21.0 Å². The molecular weight excluding hydrogens is 462 g/mol. The summed E-state index contributed by atoms with van der Waals surface area (Å²) in [5, 5.41) is 12.8. The molecule has 2 heterocycles. The second-order valence-electron chi connectivity index (χ2n) is 7.19. The zero-order chi connectivity index (χ0) is 24.2. The van der Waals surface area contributed by atoms with Crippen molar-refractivity contribution in [1.29, 1.82) is 0 Å². The number of carbonyl (C=O) groups excluding carboxylic acids is 1. The topological polar surface area (TPSA) is 164 Å². The molecule has 1 saturated heterocycles. The van der Waals surface area contributed by atoms with E-state index in [2.05, 4.69) is 14.8 Å². The fraction of sp³-hybridized carbons (Fsp3) is 0.421. The summed E-state index contributed by atoms with van der Waals surface area (Å²) in [6, 6.07) is 4.97. The largest absolute Gasteiger partial charge is 0.468 e. The summed E-state index contributed by atoms with van der Waals surface area (Å²) in [6.07, 6.45) is -1.49. The molecule has 0 spiro atoms. The molecule has 180 valence electrons. The Labute approximate surface area is 188 Å². The Morgan fingerprint density at radius 1 is 1.42 bits per heavy atom. The lowest BCUT2D eigenvalue weighted by Crippen LogP contribution is -2.36. The Morgan fingerprint density at radius 2 is 2.12 bits per heavy atom. The van der Waals surface area contributed by atoms with Gasteiger partial charge in [0.05, 0.1) is 19.8 Å². The van der Waals surface area contributed by atoms with Crippen molar-refractivity contribution in [2.45, 2.75) is 37.8 Å². The van der Waals surface area contributed by atoms with Gasteiger partial charge in [-0.15, -0.1) is 0 Å². The molecule has 14 heteroatoms. The van der Waals surface area contributed by atoms with Gasteiger partial charge in [0.1, 0.15) is 35.8 Å². The molecule has 0 amide bonds. The molecule has 1 aliphatic heterocycles. The zero-order valence-electron chi connectivity index (χ0n) is 17.8. The predicted octanol–water partition coefficient (Wildman–Crippen LogP) is 0.968. The standard InChI is InChI=1S/C19H24FN4O8P/c1-11(18(26)29-2)23-33(28,32-13-5-3-12(20)4-6-13)30-10-15-14(25)9-17(31-15)24-8-7-16(21)22-19(24)27/h3-8,11,14-15,17,25H,9-10H2,1-2H3,(H,23,28)(H2,21,22,27)/t11-,14+,15?,17+,33?/m0/s1. The molecule has 33 heavy (non-hydrogen) atoms. The molecule has 1 aliphatic rings. The fourth-order valence-electron chi connectivity index (χ4n) is 3.04. The first kappa shape index (κ1) is 24.8. The first-order chi connectivity index (χ1) is 15.6. The monoisotopic (exact) mass is 486 g/mol. The van der Waals surface area contributed by atoms with E-state index in [0.717, 1.165) is 23.8 Å². The van der Waals surface area contributed by atoms with Crippen LogP contribution in [0.4, 0.5) is 10.2 Å². The van der Waals surface area contributed by atoms with Crippen LogP contribution >= 0.6 is 7.75 Å². The smallest absolute Gasteiger partial charge is 0.459 e. The Morgan fingerprint density at radius 3 is 2.76 bits per heavy atom. The summed E-state index contributed by atoms with van der Waals surface area (Å²) >= 11 is 0. The van der Waals surface area contributed by atoms with Gasteiger partial charge in [-0.25, -0.2) is 13.8 Å². The number of nitrogens with two attached hydrogens (primary N) is 1. The predicted molar refractivity (Wildman–Crippen MR) is 113 cm³/mol. The third-order valence-electron chi connectivity index (χ3n) is 4.72. The summed E-state index contributed by atoms with van der Waals surface area (Å²) in [7, 11) is -3.07. The van der Waals surface area contributed by atoms with Gasteiger partial charge in [0.15, 0.2) is 0 Å². The Bertz CT molecular complexity index is 1080. The number of esters is 1. The Balaban J connectivity index is 1.72.